The second-order valence-electron chi connectivity index (χ2n) is 8.48. The number of para-hydroxylation sites is 3. The summed E-state index contributed by atoms with van der Waals surface area (Å²) in [4.78, 5) is 25.8. The fourth-order valence-electron chi connectivity index (χ4n) is 3.95. The fourth-order valence-corrected chi connectivity index (χ4v) is 3.95. The molecule has 2 atom stereocenters. The van der Waals surface area contributed by atoms with E-state index in [-0.39, 0.29) is 26.6 Å². The number of aliphatic hydroxyl groups is 1. The van der Waals surface area contributed by atoms with Crippen LogP contribution in [-0.2, 0) is 14.3 Å². The maximum Gasteiger partial charge on any atom is 0.412 e. The van der Waals surface area contributed by atoms with Gasteiger partial charge in [-0.1, -0.05) is 30.3 Å². The third-order valence-corrected chi connectivity index (χ3v) is 5.74. The van der Waals surface area contributed by atoms with Crippen molar-refractivity contribution in [2.24, 2.45) is 0 Å². The molecule has 4 rings (SSSR count). The van der Waals surface area contributed by atoms with Gasteiger partial charge in [-0.25, -0.2) is 4.79 Å². The Morgan fingerprint density at radius 1 is 1.05 bits per heavy atom. The van der Waals surface area contributed by atoms with Gasteiger partial charge in [0.2, 0.25) is 12.7 Å². The Bertz CT molecular complexity index is 1350. The third kappa shape index (κ3) is 7.43. The number of amides is 2. The number of hydrogen-bond donors (Lipinski definition) is 4. The van der Waals surface area contributed by atoms with Crippen molar-refractivity contribution in [3.8, 4) is 17.2 Å². The first kappa shape index (κ1) is 28.3. The summed E-state index contributed by atoms with van der Waals surface area (Å²) in [6.07, 6.45) is 0.0930. The molecule has 0 aliphatic carbocycles. The van der Waals surface area contributed by atoms with Gasteiger partial charge < -0.3 is 39.8 Å². The van der Waals surface area contributed by atoms with E-state index in [4.69, 9.17) is 29.4 Å². The Morgan fingerprint density at radius 2 is 1.82 bits per heavy atom. The number of nitrogens with two attached hydrogens (primary N) is 1. The molecule has 0 fully saturated rings. The number of nitrogens with one attached hydrogen (secondary N) is 2. The number of rotatable bonds is 12. The summed E-state index contributed by atoms with van der Waals surface area (Å²) in [5.41, 5.74) is 7.72. The number of anilines is 3. The van der Waals surface area contributed by atoms with Crippen LogP contribution in [0.25, 0.3) is 0 Å². The third-order valence-electron chi connectivity index (χ3n) is 5.74. The van der Waals surface area contributed by atoms with E-state index < -0.39 is 24.2 Å². The van der Waals surface area contributed by atoms with Gasteiger partial charge in [-0.2, -0.15) is 0 Å². The van der Waals surface area contributed by atoms with E-state index >= 15 is 0 Å². The van der Waals surface area contributed by atoms with E-state index in [0.29, 0.717) is 39.9 Å². The van der Waals surface area contributed by atoms with Gasteiger partial charge in [0.1, 0.15) is 18.5 Å². The fraction of sp³-hybridized carbons (Fsp3) is 0.241. The van der Waals surface area contributed by atoms with Gasteiger partial charge in [0.05, 0.1) is 18.0 Å². The summed E-state index contributed by atoms with van der Waals surface area (Å²) >= 11 is 0. The van der Waals surface area contributed by atoms with Crippen LogP contribution in [-0.4, -0.2) is 49.8 Å². The van der Waals surface area contributed by atoms with Gasteiger partial charge in [-0.15, -0.1) is 0 Å². The Labute approximate surface area is 231 Å². The van der Waals surface area contributed by atoms with Crippen molar-refractivity contribution in [2.75, 3.05) is 43.0 Å². The van der Waals surface area contributed by atoms with Crippen molar-refractivity contribution in [1.82, 2.24) is 0 Å². The van der Waals surface area contributed by atoms with Crippen molar-refractivity contribution in [3.63, 3.8) is 0 Å². The Morgan fingerprint density at radius 3 is 2.62 bits per heavy atom. The molecule has 210 valence electrons. The molecule has 0 spiro atoms. The van der Waals surface area contributed by atoms with Gasteiger partial charge >= 0.3 is 6.09 Å². The first-order chi connectivity index (χ1) is 19.5. The lowest BCUT2D eigenvalue weighted by Crippen LogP contribution is -2.28. The monoisotopic (exact) mass is 549 g/mol. The molecule has 1 aliphatic heterocycles. The number of carbonyl (C=O) groups excluding carboxylic acids is 2. The van der Waals surface area contributed by atoms with Gasteiger partial charge in [0.15, 0.2) is 17.6 Å². The van der Waals surface area contributed by atoms with Crippen molar-refractivity contribution in [1.29, 1.82) is 0 Å². The molecule has 0 radical (unpaired) electrons. The van der Waals surface area contributed by atoms with Crippen LogP contribution in [0.1, 0.15) is 18.6 Å². The Kier molecular flexibility index (Phi) is 9.81. The summed E-state index contributed by atoms with van der Waals surface area (Å²) in [5, 5.41) is 14.7. The van der Waals surface area contributed by atoms with Crippen LogP contribution in [0.15, 0.2) is 78.9 Å². The van der Waals surface area contributed by atoms with E-state index in [9.17, 15) is 14.7 Å². The largest absolute Gasteiger partial charge is 0.491 e. The summed E-state index contributed by atoms with van der Waals surface area (Å²) in [6.45, 7) is 1.96. The second kappa shape index (κ2) is 13.9. The molecule has 0 unspecified atom stereocenters. The standard InChI is InChI=1S/C29H31N3O8/c1-2-36-25(13-14-27(34)32-22-9-5-4-8-21(22)30)28(20-7-3-6-10-23(20)37-16-15-33)40-29(35)31-19-11-12-24-26(17-19)39-18-38-24/h3-14,17,25,28,33H,2,15-16,18,30H2,1H3,(H,31,35)(H,32,34)/b14-13+/t25-,28-/m1/s1. The maximum absolute atomic E-state index is 13.1. The Hall–Kier alpha value is -4.74. The van der Waals surface area contributed by atoms with E-state index in [0.717, 1.165) is 0 Å². The zero-order valence-electron chi connectivity index (χ0n) is 21.9. The molecule has 1 aliphatic rings. The summed E-state index contributed by atoms with van der Waals surface area (Å²) in [6, 6.07) is 18.7. The highest BCUT2D eigenvalue weighted by Crippen LogP contribution is 2.35. The molecule has 2 amide bonds. The summed E-state index contributed by atoms with van der Waals surface area (Å²) in [7, 11) is 0. The zero-order valence-corrected chi connectivity index (χ0v) is 21.9. The van der Waals surface area contributed by atoms with Crippen LogP contribution >= 0.6 is 0 Å². The Balaban J connectivity index is 1.58. The predicted molar refractivity (Wildman–Crippen MR) is 148 cm³/mol. The van der Waals surface area contributed by atoms with E-state index in [1.807, 2.05) is 0 Å². The van der Waals surface area contributed by atoms with E-state index in [1.54, 1.807) is 73.7 Å². The number of ether oxygens (including phenoxy) is 5. The topological polar surface area (TPSA) is 151 Å². The van der Waals surface area contributed by atoms with Crippen LogP contribution in [0.3, 0.4) is 0 Å². The molecule has 11 heteroatoms. The highest BCUT2D eigenvalue weighted by molar-refractivity contribution is 6.01. The zero-order chi connectivity index (χ0) is 28.3. The van der Waals surface area contributed by atoms with Crippen molar-refractivity contribution >= 4 is 29.1 Å². The van der Waals surface area contributed by atoms with Gasteiger partial charge in [0, 0.05) is 30.0 Å². The number of aliphatic hydroxyl groups excluding tert-OH is 1. The molecule has 3 aromatic rings. The molecule has 11 nitrogen and oxygen atoms in total. The van der Waals surface area contributed by atoms with E-state index in [1.165, 1.54) is 12.2 Å². The first-order valence-corrected chi connectivity index (χ1v) is 12.6. The summed E-state index contributed by atoms with van der Waals surface area (Å²) in [5.74, 6) is 1.01. The number of nitrogen functional groups attached to an aromatic ring is 1. The normalized spacial score (nSPS) is 13.4. The molecular formula is C29H31N3O8. The lowest BCUT2D eigenvalue weighted by Gasteiger charge is -2.27. The minimum Gasteiger partial charge on any atom is -0.491 e. The minimum absolute atomic E-state index is 0.0309. The molecule has 0 bridgehead atoms. The SMILES string of the molecule is CCO[C@H](/C=C/C(=O)Nc1ccccc1N)[C@H](OC(=O)Nc1ccc2c(c1)OCO2)c1ccccc1OCCO. The highest BCUT2D eigenvalue weighted by atomic mass is 16.7. The number of benzene rings is 3. The van der Waals surface area contributed by atoms with Crippen molar-refractivity contribution in [2.45, 2.75) is 19.1 Å². The van der Waals surface area contributed by atoms with Gasteiger partial charge in [-0.05, 0) is 43.3 Å². The van der Waals surface area contributed by atoms with Crippen LogP contribution in [0.5, 0.6) is 17.2 Å². The first-order valence-electron chi connectivity index (χ1n) is 12.6. The molecule has 0 saturated heterocycles. The quantitative estimate of drug-likeness (QED) is 0.192. The predicted octanol–water partition coefficient (Wildman–Crippen LogP) is 4.26. The molecular weight excluding hydrogens is 518 g/mol. The van der Waals surface area contributed by atoms with Gasteiger partial charge in [-0.3, -0.25) is 10.1 Å². The number of fused-ring (bicyclic) bond motifs is 1. The molecule has 3 aromatic carbocycles. The highest BCUT2D eigenvalue weighted by Gasteiger charge is 2.29. The smallest absolute Gasteiger partial charge is 0.412 e. The number of hydrogen-bond acceptors (Lipinski definition) is 9. The lowest BCUT2D eigenvalue weighted by atomic mass is 10.0. The van der Waals surface area contributed by atoms with Gasteiger partial charge in [0.25, 0.3) is 0 Å². The van der Waals surface area contributed by atoms with Crippen LogP contribution in [0.4, 0.5) is 21.9 Å². The molecule has 1 heterocycles. The van der Waals surface area contributed by atoms with Crippen molar-refractivity contribution in [3.05, 3.63) is 84.4 Å². The average Bonchev–Trinajstić information content (AvgIpc) is 3.42. The summed E-state index contributed by atoms with van der Waals surface area (Å²) < 4.78 is 28.2. The van der Waals surface area contributed by atoms with Crippen LogP contribution in [0.2, 0.25) is 0 Å². The van der Waals surface area contributed by atoms with Crippen LogP contribution in [0, 0.1) is 0 Å². The molecule has 0 saturated carbocycles. The second-order valence-corrected chi connectivity index (χ2v) is 8.48. The van der Waals surface area contributed by atoms with Crippen LogP contribution < -0.4 is 30.6 Å². The molecule has 40 heavy (non-hydrogen) atoms. The van der Waals surface area contributed by atoms with Crippen molar-refractivity contribution < 1.29 is 38.4 Å². The minimum atomic E-state index is -1.03. The number of carbonyl (C=O) groups is 2. The lowest BCUT2D eigenvalue weighted by molar-refractivity contribution is -0.112. The maximum atomic E-state index is 13.1. The molecule has 0 aromatic heterocycles. The molecule has 5 N–H and O–H groups in total. The van der Waals surface area contributed by atoms with E-state index in [2.05, 4.69) is 10.6 Å². The average molecular weight is 550 g/mol.